The van der Waals surface area contributed by atoms with Crippen LogP contribution < -0.4 is 19.1 Å². The SMILES string of the molecule is COc1ccc(C=CC(=O)N2CCN(c3cc(Cl)ccc3C)CC2)c(OC)c1OC. The molecule has 1 saturated heterocycles. The first-order valence-electron chi connectivity index (χ1n) is 9.75. The van der Waals surface area contributed by atoms with Crippen LogP contribution in [0.25, 0.3) is 6.08 Å². The number of aryl methyl sites for hydroxylation is 1. The molecule has 0 aromatic heterocycles. The number of carbonyl (C=O) groups is 1. The van der Waals surface area contributed by atoms with E-state index in [4.69, 9.17) is 25.8 Å². The van der Waals surface area contributed by atoms with Crippen LogP contribution in [0.5, 0.6) is 17.2 Å². The second kappa shape index (κ2) is 9.76. The highest BCUT2D eigenvalue weighted by Gasteiger charge is 2.21. The van der Waals surface area contributed by atoms with Crippen LogP contribution in [0.15, 0.2) is 36.4 Å². The number of halogens is 1. The fraction of sp³-hybridized carbons (Fsp3) is 0.348. The van der Waals surface area contributed by atoms with Crippen LogP contribution in [0.1, 0.15) is 11.1 Å². The number of hydrogen-bond acceptors (Lipinski definition) is 5. The van der Waals surface area contributed by atoms with Gasteiger partial charge in [0.05, 0.1) is 21.3 Å². The van der Waals surface area contributed by atoms with Crippen LogP contribution >= 0.6 is 11.6 Å². The molecule has 1 heterocycles. The summed E-state index contributed by atoms with van der Waals surface area (Å²) < 4.78 is 16.2. The third-order valence-corrected chi connectivity index (χ3v) is 5.48. The summed E-state index contributed by atoms with van der Waals surface area (Å²) in [5.74, 6) is 1.57. The van der Waals surface area contributed by atoms with E-state index in [-0.39, 0.29) is 5.91 Å². The Balaban J connectivity index is 1.68. The highest BCUT2D eigenvalue weighted by molar-refractivity contribution is 6.30. The molecule has 3 rings (SSSR count). The van der Waals surface area contributed by atoms with Gasteiger partial charge in [-0.2, -0.15) is 0 Å². The van der Waals surface area contributed by atoms with Crippen molar-refractivity contribution < 1.29 is 19.0 Å². The molecule has 0 aliphatic carbocycles. The Hall–Kier alpha value is -2.86. The molecule has 7 heteroatoms. The molecule has 0 unspecified atom stereocenters. The van der Waals surface area contributed by atoms with Gasteiger partial charge >= 0.3 is 0 Å². The van der Waals surface area contributed by atoms with Crippen LogP contribution in [0.4, 0.5) is 5.69 Å². The lowest BCUT2D eigenvalue weighted by molar-refractivity contribution is -0.126. The molecular weight excluding hydrogens is 404 g/mol. The van der Waals surface area contributed by atoms with E-state index in [0.717, 1.165) is 29.4 Å². The maximum atomic E-state index is 12.7. The zero-order chi connectivity index (χ0) is 21.7. The van der Waals surface area contributed by atoms with Gasteiger partial charge in [-0.1, -0.05) is 17.7 Å². The molecule has 0 N–H and O–H groups in total. The maximum Gasteiger partial charge on any atom is 0.246 e. The minimum Gasteiger partial charge on any atom is -0.493 e. The summed E-state index contributed by atoms with van der Waals surface area (Å²) in [6.45, 7) is 4.90. The minimum absolute atomic E-state index is 0.0331. The zero-order valence-electron chi connectivity index (χ0n) is 17.8. The second-order valence-electron chi connectivity index (χ2n) is 7.00. The van der Waals surface area contributed by atoms with Crippen molar-refractivity contribution >= 4 is 29.3 Å². The Morgan fingerprint density at radius 3 is 2.30 bits per heavy atom. The van der Waals surface area contributed by atoms with Gasteiger partial charge in [0, 0.05) is 48.5 Å². The number of carbonyl (C=O) groups excluding carboxylic acids is 1. The normalized spacial score (nSPS) is 14.2. The Labute approximate surface area is 182 Å². The summed E-state index contributed by atoms with van der Waals surface area (Å²) in [5.41, 5.74) is 3.05. The van der Waals surface area contributed by atoms with Crippen LogP contribution in [0, 0.1) is 6.92 Å². The first kappa shape index (κ1) is 21.8. The van der Waals surface area contributed by atoms with Gasteiger partial charge in [0.15, 0.2) is 11.5 Å². The fourth-order valence-electron chi connectivity index (χ4n) is 3.61. The van der Waals surface area contributed by atoms with Crippen LogP contribution in [0.3, 0.4) is 0 Å². The molecule has 2 aromatic rings. The number of piperazine rings is 1. The lowest BCUT2D eigenvalue weighted by Crippen LogP contribution is -2.48. The molecule has 0 atom stereocenters. The largest absolute Gasteiger partial charge is 0.493 e. The minimum atomic E-state index is -0.0331. The lowest BCUT2D eigenvalue weighted by Gasteiger charge is -2.36. The Kier molecular flexibility index (Phi) is 7.11. The van der Waals surface area contributed by atoms with Crippen molar-refractivity contribution in [2.75, 3.05) is 52.4 Å². The monoisotopic (exact) mass is 430 g/mol. The highest BCUT2D eigenvalue weighted by atomic mass is 35.5. The summed E-state index contributed by atoms with van der Waals surface area (Å²) in [4.78, 5) is 16.8. The topological polar surface area (TPSA) is 51.2 Å². The number of benzene rings is 2. The summed E-state index contributed by atoms with van der Waals surface area (Å²) >= 11 is 6.15. The molecule has 6 nitrogen and oxygen atoms in total. The van der Waals surface area contributed by atoms with Crippen molar-refractivity contribution in [1.82, 2.24) is 4.90 Å². The van der Waals surface area contributed by atoms with E-state index < -0.39 is 0 Å². The summed E-state index contributed by atoms with van der Waals surface area (Å²) in [5, 5.41) is 0.723. The smallest absolute Gasteiger partial charge is 0.246 e. The van der Waals surface area contributed by atoms with Gasteiger partial charge in [-0.3, -0.25) is 4.79 Å². The standard InChI is InChI=1S/C23H27ClN2O4/c1-16-5-8-18(24)15-19(16)25-11-13-26(14-12-25)21(27)10-7-17-6-9-20(28-2)23(30-4)22(17)29-3/h5-10,15H,11-14H2,1-4H3. The Bertz CT molecular complexity index is 937. The van der Waals surface area contributed by atoms with Gasteiger partial charge in [0.25, 0.3) is 0 Å². The number of nitrogens with zero attached hydrogens (tertiary/aromatic N) is 2. The van der Waals surface area contributed by atoms with Crippen molar-refractivity contribution in [3.05, 3.63) is 52.6 Å². The van der Waals surface area contributed by atoms with E-state index >= 15 is 0 Å². The number of rotatable bonds is 6. The van der Waals surface area contributed by atoms with Gasteiger partial charge in [0.1, 0.15) is 0 Å². The van der Waals surface area contributed by atoms with Gasteiger partial charge in [-0.05, 0) is 42.8 Å². The number of hydrogen-bond donors (Lipinski definition) is 0. The van der Waals surface area contributed by atoms with E-state index in [2.05, 4.69) is 11.8 Å². The molecule has 1 fully saturated rings. The van der Waals surface area contributed by atoms with Gasteiger partial charge < -0.3 is 24.0 Å². The van der Waals surface area contributed by atoms with Crippen LogP contribution in [-0.4, -0.2) is 58.3 Å². The molecule has 1 aliphatic rings. The van der Waals surface area contributed by atoms with Crippen molar-refractivity contribution in [2.45, 2.75) is 6.92 Å². The summed E-state index contributed by atoms with van der Waals surface area (Å²) in [6, 6.07) is 9.53. The third kappa shape index (κ3) is 4.65. The summed E-state index contributed by atoms with van der Waals surface area (Å²) in [6.07, 6.45) is 3.32. The van der Waals surface area contributed by atoms with E-state index in [1.54, 1.807) is 39.5 Å². The third-order valence-electron chi connectivity index (χ3n) is 5.24. The van der Waals surface area contributed by atoms with Gasteiger partial charge in [-0.25, -0.2) is 0 Å². The maximum absolute atomic E-state index is 12.7. The summed E-state index contributed by atoms with van der Waals surface area (Å²) in [7, 11) is 4.69. The number of ether oxygens (including phenoxy) is 3. The average molecular weight is 431 g/mol. The van der Waals surface area contributed by atoms with Crippen LogP contribution in [-0.2, 0) is 4.79 Å². The van der Waals surface area contributed by atoms with E-state index in [1.807, 2.05) is 29.2 Å². The van der Waals surface area contributed by atoms with Gasteiger partial charge in [-0.15, -0.1) is 0 Å². The van der Waals surface area contributed by atoms with Gasteiger partial charge in [0.2, 0.25) is 11.7 Å². The van der Waals surface area contributed by atoms with Crippen LogP contribution in [0.2, 0.25) is 5.02 Å². The molecule has 1 amide bonds. The first-order chi connectivity index (χ1) is 14.5. The molecular formula is C23H27ClN2O4. The molecule has 0 spiro atoms. The molecule has 160 valence electrons. The second-order valence-corrected chi connectivity index (χ2v) is 7.44. The molecule has 30 heavy (non-hydrogen) atoms. The average Bonchev–Trinajstić information content (AvgIpc) is 2.78. The van der Waals surface area contributed by atoms with Crippen molar-refractivity contribution in [3.63, 3.8) is 0 Å². The Morgan fingerprint density at radius 2 is 1.67 bits per heavy atom. The molecule has 1 aliphatic heterocycles. The van der Waals surface area contributed by atoms with Crippen molar-refractivity contribution in [1.29, 1.82) is 0 Å². The van der Waals surface area contributed by atoms with Crippen molar-refractivity contribution in [2.24, 2.45) is 0 Å². The zero-order valence-corrected chi connectivity index (χ0v) is 18.5. The molecule has 2 aromatic carbocycles. The number of anilines is 1. The highest BCUT2D eigenvalue weighted by Crippen LogP contribution is 2.40. The lowest BCUT2D eigenvalue weighted by atomic mass is 10.1. The predicted molar refractivity (Wildman–Crippen MR) is 120 cm³/mol. The van der Waals surface area contributed by atoms with E-state index in [9.17, 15) is 4.79 Å². The predicted octanol–water partition coefficient (Wildman–Crippen LogP) is 4.04. The first-order valence-corrected chi connectivity index (χ1v) is 10.1. The Morgan fingerprint density at radius 1 is 0.967 bits per heavy atom. The molecule has 0 saturated carbocycles. The molecule has 0 bridgehead atoms. The van der Waals surface area contributed by atoms with Crippen molar-refractivity contribution in [3.8, 4) is 17.2 Å². The number of methoxy groups -OCH3 is 3. The fourth-order valence-corrected chi connectivity index (χ4v) is 3.78. The van der Waals surface area contributed by atoms with E-state index in [0.29, 0.717) is 30.3 Å². The molecule has 0 radical (unpaired) electrons. The quantitative estimate of drug-likeness (QED) is 0.647. The van der Waals surface area contributed by atoms with E-state index in [1.165, 1.54) is 5.56 Å². The number of amides is 1.